The summed E-state index contributed by atoms with van der Waals surface area (Å²) in [6.07, 6.45) is 4.55. The molecule has 0 aromatic heterocycles. The molecule has 0 bridgehead atoms. The first-order valence-corrected chi connectivity index (χ1v) is 7.79. The van der Waals surface area contributed by atoms with E-state index in [0.29, 0.717) is 19.6 Å². The molecule has 0 heterocycles. The number of fused-ring (bicyclic) bond motifs is 1. The van der Waals surface area contributed by atoms with Crippen LogP contribution in [0, 0.1) is 0 Å². The summed E-state index contributed by atoms with van der Waals surface area (Å²) < 4.78 is 10.8. The summed E-state index contributed by atoms with van der Waals surface area (Å²) in [6.45, 7) is 3.24. The summed E-state index contributed by atoms with van der Waals surface area (Å²) in [5.74, 6) is 0.753. The minimum absolute atomic E-state index is 0.0471. The van der Waals surface area contributed by atoms with Crippen LogP contribution in [0.2, 0.25) is 0 Å². The molecule has 1 amide bonds. The third-order valence-electron chi connectivity index (χ3n) is 3.84. The molecule has 116 valence electrons. The predicted molar refractivity (Wildman–Crippen MR) is 82.7 cm³/mol. The Labute approximate surface area is 126 Å². The van der Waals surface area contributed by atoms with E-state index in [1.807, 2.05) is 13.0 Å². The zero-order valence-corrected chi connectivity index (χ0v) is 13.0. The number of nitrogens with one attached hydrogen (secondary N) is 1. The van der Waals surface area contributed by atoms with Gasteiger partial charge in [-0.3, -0.25) is 4.79 Å². The van der Waals surface area contributed by atoms with Crippen molar-refractivity contribution >= 4 is 5.91 Å². The van der Waals surface area contributed by atoms with Crippen LogP contribution in [0.4, 0.5) is 0 Å². The van der Waals surface area contributed by atoms with E-state index in [1.165, 1.54) is 17.5 Å². The highest BCUT2D eigenvalue weighted by atomic mass is 16.5. The summed E-state index contributed by atoms with van der Waals surface area (Å²) in [7, 11) is 1.66. The molecule has 1 N–H and O–H groups in total. The van der Waals surface area contributed by atoms with Crippen molar-refractivity contribution in [3.8, 4) is 5.75 Å². The molecule has 1 aliphatic rings. The standard InChI is InChI=1S/C17H25NO3/c1-3-16(17(19)18-10-5-11-20-2)21-15-9-8-13-6-4-7-14(13)12-15/h8-9,12,16H,3-7,10-11H2,1-2H3,(H,18,19)/t16-/m0/s1. The fourth-order valence-corrected chi connectivity index (χ4v) is 2.65. The molecule has 1 aromatic rings. The minimum Gasteiger partial charge on any atom is -0.481 e. The molecule has 0 saturated carbocycles. The van der Waals surface area contributed by atoms with E-state index in [-0.39, 0.29) is 5.91 Å². The molecule has 1 aliphatic carbocycles. The van der Waals surface area contributed by atoms with Gasteiger partial charge >= 0.3 is 0 Å². The Morgan fingerprint density at radius 1 is 1.33 bits per heavy atom. The minimum atomic E-state index is -0.424. The van der Waals surface area contributed by atoms with Crippen molar-refractivity contribution < 1.29 is 14.3 Å². The molecule has 1 aromatic carbocycles. The number of methoxy groups -OCH3 is 1. The zero-order chi connectivity index (χ0) is 15.1. The molecule has 1 atom stereocenters. The molecule has 2 rings (SSSR count). The molecule has 0 fully saturated rings. The van der Waals surface area contributed by atoms with E-state index in [2.05, 4.69) is 17.4 Å². The average Bonchev–Trinajstić information content (AvgIpc) is 2.96. The monoisotopic (exact) mass is 291 g/mol. The lowest BCUT2D eigenvalue weighted by Gasteiger charge is -2.18. The first kappa shape index (κ1) is 15.8. The lowest BCUT2D eigenvalue weighted by Crippen LogP contribution is -2.38. The molecule has 4 nitrogen and oxygen atoms in total. The second-order valence-electron chi connectivity index (χ2n) is 5.44. The van der Waals surface area contributed by atoms with Crippen LogP contribution in [0.3, 0.4) is 0 Å². The number of carbonyl (C=O) groups is 1. The van der Waals surface area contributed by atoms with Gasteiger partial charge in [0.1, 0.15) is 5.75 Å². The highest BCUT2D eigenvalue weighted by Gasteiger charge is 2.19. The first-order chi connectivity index (χ1) is 10.2. The van der Waals surface area contributed by atoms with Gasteiger partial charge in [0, 0.05) is 20.3 Å². The SMILES string of the molecule is CC[C@H](Oc1ccc2c(c1)CCC2)C(=O)NCCCOC. The summed E-state index contributed by atoms with van der Waals surface area (Å²) in [5.41, 5.74) is 2.78. The van der Waals surface area contributed by atoms with Gasteiger partial charge < -0.3 is 14.8 Å². The van der Waals surface area contributed by atoms with Gasteiger partial charge in [-0.1, -0.05) is 13.0 Å². The maximum absolute atomic E-state index is 12.1. The third-order valence-corrected chi connectivity index (χ3v) is 3.84. The number of hydrogen-bond donors (Lipinski definition) is 1. The van der Waals surface area contributed by atoms with Crippen LogP contribution in [-0.2, 0) is 22.4 Å². The summed E-state index contributed by atoms with van der Waals surface area (Å²) in [5, 5.41) is 2.90. The quantitative estimate of drug-likeness (QED) is 0.749. The van der Waals surface area contributed by atoms with Crippen molar-refractivity contribution in [2.75, 3.05) is 20.3 Å². The van der Waals surface area contributed by atoms with Crippen molar-refractivity contribution in [2.24, 2.45) is 0 Å². The van der Waals surface area contributed by atoms with E-state index in [4.69, 9.17) is 9.47 Å². The number of ether oxygens (including phenoxy) is 2. The lowest BCUT2D eigenvalue weighted by atomic mass is 10.1. The van der Waals surface area contributed by atoms with E-state index >= 15 is 0 Å². The second-order valence-corrected chi connectivity index (χ2v) is 5.44. The van der Waals surface area contributed by atoms with Crippen LogP contribution < -0.4 is 10.1 Å². The maximum atomic E-state index is 12.1. The lowest BCUT2D eigenvalue weighted by molar-refractivity contribution is -0.128. The Kier molecular flexibility index (Phi) is 6.05. The Bertz CT molecular complexity index is 473. The Hall–Kier alpha value is -1.55. The number of rotatable bonds is 8. The summed E-state index contributed by atoms with van der Waals surface area (Å²) in [4.78, 5) is 12.1. The van der Waals surface area contributed by atoms with E-state index < -0.39 is 6.10 Å². The maximum Gasteiger partial charge on any atom is 0.261 e. The van der Waals surface area contributed by atoms with E-state index in [9.17, 15) is 4.79 Å². The van der Waals surface area contributed by atoms with E-state index in [1.54, 1.807) is 7.11 Å². The van der Waals surface area contributed by atoms with Crippen LogP contribution >= 0.6 is 0 Å². The molecular formula is C17H25NO3. The molecule has 0 spiro atoms. The van der Waals surface area contributed by atoms with Gasteiger partial charge in [-0.15, -0.1) is 0 Å². The number of aryl methyl sites for hydroxylation is 2. The number of amides is 1. The number of benzene rings is 1. The van der Waals surface area contributed by atoms with Gasteiger partial charge in [-0.25, -0.2) is 0 Å². The highest BCUT2D eigenvalue weighted by Crippen LogP contribution is 2.26. The smallest absolute Gasteiger partial charge is 0.261 e. The molecule has 0 aliphatic heterocycles. The van der Waals surface area contributed by atoms with Gasteiger partial charge in [0.25, 0.3) is 5.91 Å². The fraction of sp³-hybridized carbons (Fsp3) is 0.588. The van der Waals surface area contributed by atoms with Gasteiger partial charge in [0.2, 0.25) is 0 Å². The molecular weight excluding hydrogens is 266 g/mol. The first-order valence-electron chi connectivity index (χ1n) is 7.79. The normalized spacial score (nSPS) is 14.6. The van der Waals surface area contributed by atoms with Crippen LogP contribution in [-0.4, -0.2) is 32.3 Å². The molecule has 0 saturated heterocycles. The highest BCUT2D eigenvalue weighted by molar-refractivity contribution is 5.81. The van der Waals surface area contributed by atoms with Crippen molar-refractivity contribution in [1.82, 2.24) is 5.32 Å². The molecule has 4 heteroatoms. The van der Waals surface area contributed by atoms with Crippen molar-refractivity contribution in [3.63, 3.8) is 0 Å². The van der Waals surface area contributed by atoms with Crippen LogP contribution in [0.1, 0.15) is 37.3 Å². The number of carbonyl (C=O) groups excluding carboxylic acids is 1. The van der Waals surface area contributed by atoms with E-state index in [0.717, 1.165) is 25.0 Å². The largest absolute Gasteiger partial charge is 0.481 e. The number of hydrogen-bond acceptors (Lipinski definition) is 3. The van der Waals surface area contributed by atoms with Crippen LogP contribution in [0.25, 0.3) is 0 Å². The Balaban J connectivity index is 1.88. The topological polar surface area (TPSA) is 47.6 Å². The van der Waals surface area contributed by atoms with Crippen molar-refractivity contribution in [2.45, 2.75) is 45.1 Å². The summed E-state index contributed by atoms with van der Waals surface area (Å²) >= 11 is 0. The average molecular weight is 291 g/mol. The molecule has 21 heavy (non-hydrogen) atoms. The zero-order valence-electron chi connectivity index (χ0n) is 13.0. The summed E-state index contributed by atoms with van der Waals surface area (Å²) in [6, 6.07) is 6.19. The Morgan fingerprint density at radius 3 is 2.90 bits per heavy atom. The molecule has 0 unspecified atom stereocenters. The van der Waals surface area contributed by atoms with Gasteiger partial charge in [0.15, 0.2) is 6.10 Å². The Morgan fingerprint density at radius 2 is 2.14 bits per heavy atom. The van der Waals surface area contributed by atoms with Crippen molar-refractivity contribution in [3.05, 3.63) is 29.3 Å². The fourth-order valence-electron chi connectivity index (χ4n) is 2.65. The van der Waals surface area contributed by atoms with Crippen molar-refractivity contribution in [1.29, 1.82) is 0 Å². The van der Waals surface area contributed by atoms with Crippen LogP contribution in [0.15, 0.2) is 18.2 Å². The van der Waals surface area contributed by atoms with Gasteiger partial charge in [-0.2, -0.15) is 0 Å². The van der Waals surface area contributed by atoms with Gasteiger partial charge in [-0.05, 0) is 55.4 Å². The second kappa shape index (κ2) is 8.03. The van der Waals surface area contributed by atoms with Gasteiger partial charge in [0.05, 0.1) is 0 Å². The van der Waals surface area contributed by atoms with Crippen LogP contribution in [0.5, 0.6) is 5.75 Å². The predicted octanol–water partition coefficient (Wildman–Crippen LogP) is 2.49. The molecule has 0 radical (unpaired) electrons. The third kappa shape index (κ3) is 4.46.